The molecule has 2 heterocycles. The van der Waals surface area contributed by atoms with Gasteiger partial charge in [0, 0.05) is 32.2 Å². The van der Waals surface area contributed by atoms with Crippen molar-refractivity contribution in [1.29, 1.82) is 0 Å². The van der Waals surface area contributed by atoms with Crippen LogP contribution in [0, 0.1) is 0 Å². The maximum atomic E-state index is 12.7. The Morgan fingerprint density at radius 1 is 1.15 bits per heavy atom. The van der Waals surface area contributed by atoms with E-state index in [0.717, 1.165) is 31.3 Å². The molecule has 2 aliphatic heterocycles. The summed E-state index contributed by atoms with van der Waals surface area (Å²) >= 11 is 0. The highest BCUT2D eigenvalue weighted by Gasteiger charge is 2.32. The predicted octanol–water partition coefficient (Wildman–Crippen LogP) is 2.99. The Morgan fingerprint density at radius 3 is 2.80 bits per heavy atom. The van der Waals surface area contributed by atoms with Gasteiger partial charge in [-0.05, 0) is 31.0 Å². The van der Waals surface area contributed by atoms with Crippen LogP contribution in [-0.4, -0.2) is 42.0 Å². The average Bonchev–Trinajstić information content (AvgIpc) is 2.85. The summed E-state index contributed by atoms with van der Waals surface area (Å²) in [5.74, 6) is 0. The molecule has 110 valence electrons. The van der Waals surface area contributed by atoms with E-state index >= 15 is 0 Å². The molecule has 2 fully saturated rings. The number of alkyl halides is 3. The molecule has 1 aromatic rings. The zero-order chi connectivity index (χ0) is 14.2. The summed E-state index contributed by atoms with van der Waals surface area (Å²) in [5, 5.41) is 0. The first-order valence-electron chi connectivity index (χ1n) is 7.15. The summed E-state index contributed by atoms with van der Waals surface area (Å²) in [7, 11) is 0. The van der Waals surface area contributed by atoms with Crippen molar-refractivity contribution in [2.45, 2.75) is 31.6 Å². The Balaban J connectivity index is 1.66. The second-order valence-corrected chi connectivity index (χ2v) is 5.77. The van der Waals surface area contributed by atoms with Crippen LogP contribution in [0.5, 0.6) is 0 Å². The summed E-state index contributed by atoms with van der Waals surface area (Å²) < 4.78 is 38.1. The second-order valence-electron chi connectivity index (χ2n) is 5.77. The zero-order valence-corrected chi connectivity index (χ0v) is 11.4. The Hall–Kier alpha value is -1.07. The molecule has 0 aromatic heterocycles. The molecule has 0 bridgehead atoms. The second kappa shape index (κ2) is 5.37. The number of nitrogens with zero attached hydrogens (tertiary/aromatic N) is 2. The minimum absolute atomic E-state index is 0.547. The standard InChI is InChI=1S/C15H19F3N2/c16-15(17,18)13-4-1-3-12(9-13)10-19-7-8-20-6-2-5-14(20)11-19/h1,3-4,9,14H,2,5-8,10-11H2. The number of halogens is 3. The largest absolute Gasteiger partial charge is 0.416 e. The molecule has 5 heteroatoms. The molecule has 20 heavy (non-hydrogen) atoms. The van der Waals surface area contributed by atoms with E-state index in [-0.39, 0.29) is 0 Å². The van der Waals surface area contributed by atoms with Crippen molar-refractivity contribution in [3.05, 3.63) is 35.4 Å². The van der Waals surface area contributed by atoms with Gasteiger partial charge >= 0.3 is 6.18 Å². The van der Waals surface area contributed by atoms with Gasteiger partial charge in [0.15, 0.2) is 0 Å². The lowest BCUT2D eigenvalue weighted by atomic mass is 10.1. The fraction of sp³-hybridized carbons (Fsp3) is 0.600. The van der Waals surface area contributed by atoms with Gasteiger partial charge in [0.2, 0.25) is 0 Å². The van der Waals surface area contributed by atoms with E-state index in [2.05, 4.69) is 9.80 Å². The summed E-state index contributed by atoms with van der Waals surface area (Å²) in [6, 6.07) is 6.31. The zero-order valence-electron chi connectivity index (χ0n) is 11.4. The third-order valence-corrected chi connectivity index (χ3v) is 4.33. The Bertz CT molecular complexity index is 472. The van der Waals surface area contributed by atoms with Crippen molar-refractivity contribution < 1.29 is 13.2 Å². The van der Waals surface area contributed by atoms with E-state index in [9.17, 15) is 13.2 Å². The molecule has 1 aromatic carbocycles. The van der Waals surface area contributed by atoms with Crippen LogP contribution in [-0.2, 0) is 12.7 Å². The predicted molar refractivity (Wildman–Crippen MR) is 71.3 cm³/mol. The molecule has 0 spiro atoms. The van der Waals surface area contributed by atoms with Crippen molar-refractivity contribution in [3.63, 3.8) is 0 Å². The van der Waals surface area contributed by atoms with Crippen molar-refractivity contribution in [3.8, 4) is 0 Å². The van der Waals surface area contributed by atoms with E-state index in [1.54, 1.807) is 6.07 Å². The summed E-state index contributed by atoms with van der Waals surface area (Å²) in [4.78, 5) is 4.78. The molecule has 0 aliphatic carbocycles. The highest BCUT2D eigenvalue weighted by atomic mass is 19.4. The molecule has 0 radical (unpaired) electrons. The normalized spacial score (nSPS) is 24.9. The number of rotatable bonds is 2. The van der Waals surface area contributed by atoms with Crippen molar-refractivity contribution in [1.82, 2.24) is 9.80 Å². The molecule has 0 saturated carbocycles. The highest BCUT2D eigenvalue weighted by Crippen LogP contribution is 2.30. The van der Waals surface area contributed by atoms with Crippen LogP contribution >= 0.6 is 0 Å². The van der Waals surface area contributed by atoms with Gasteiger partial charge in [-0.1, -0.05) is 18.2 Å². The van der Waals surface area contributed by atoms with Crippen LogP contribution in [0.2, 0.25) is 0 Å². The molecule has 2 nitrogen and oxygen atoms in total. The topological polar surface area (TPSA) is 6.48 Å². The first kappa shape index (κ1) is 13.9. The lowest BCUT2D eigenvalue weighted by Crippen LogP contribution is -2.49. The van der Waals surface area contributed by atoms with Crippen LogP contribution in [0.15, 0.2) is 24.3 Å². The van der Waals surface area contributed by atoms with Gasteiger partial charge in [0.05, 0.1) is 5.56 Å². The number of hydrogen-bond donors (Lipinski definition) is 0. The van der Waals surface area contributed by atoms with Crippen LogP contribution in [0.25, 0.3) is 0 Å². The lowest BCUT2D eigenvalue weighted by Gasteiger charge is -2.37. The number of piperazine rings is 1. The Morgan fingerprint density at radius 2 is 2.00 bits per heavy atom. The SMILES string of the molecule is FC(F)(F)c1cccc(CN2CCN3CCCC3C2)c1. The minimum atomic E-state index is -4.25. The summed E-state index contributed by atoms with van der Waals surface area (Å²) in [5.41, 5.74) is 0.209. The Kier molecular flexibility index (Phi) is 3.73. The van der Waals surface area contributed by atoms with E-state index in [4.69, 9.17) is 0 Å². The van der Waals surface area contributed by atoms with Crippen LogP contribution < -0.4 is 0 Å². The van der Waals surface area contributed by atoms with Crippen molar-refractivity contribution in [2.24, 2.45) is 0 Å². The fourth-order valence-electron chi connectivity index (χ4n) is 3.30. The number of hydrogen-bond acceptors (Lipinski definition) is 2. The first-order chi connectivity index (χ1) is 9.52. The fourth-order valence-corrected chi connectivity index (χ4v) is 3.30. The maximum Gasteiger partial charge on any atom is 0.416 e. The Labute approximate surface area is 117 Å². The van der Waals surface area contributed by atoms with E-state index in [1.165, 1.54) is 31.5 Å². The monoisotopic (exact) mass is 284 g/mol. The molecule has 2 saturated heterocycles. The van der Waals surface area contributed by atoms with Crippen LogP contribution in [0.4, 0.5) is 13.2 Å². The molecule has 0 N–H and O–H groups in total. The molecule has 3 rings (SSSR count). The summed E-state index contributed by atoms with van der Waals surface area (Å²) in [6.45, 7) is 4.78. The van der Waals surface area contributed by atoms with E-state index in [1.807, 2.05) is 0 Å². The highest BCUT2D eigenvalue weighted by molar-refractivity contribution is 5.25. The molecular formula is C15H19F3N2. The third kappa shape index (κ3) is 2.99. The van der Waals surface area contributed by atoms with E-state index in [0.29, 0.717) is 12.6 Å². The van der Waals surface area contributed by atoms with Gasteiger partial charge < -0.3 is 0 Å². The van der Waals surface area contributed by atoms with Gasteiger partial charge in [-0.25, -0.2) is 0 Å². The minimum Gasteiger partial charge on any atom is -0.298 e. The molecule has 2 aliphatic rings. The van der Waals surface area contributed by atoms with Gasteiger partial charge in [-0.15, -0.1) is 0 Å². The van der Waals surface area contributed by atoms with Crippen LogP contribution in [0.3, 0.4) is 0 Å². The molecule has 0 amide bonds. The van der Waals surface area contributed by atoms with Crippen molar-refractivity contribution >= 4 is 0 Å². The quantitative estimate of drug-likeness (QED) is 0.824. The first-order valence-corrected chi connectivity index (χ1v) is 7.15. The summed E-state index contributed by atoms with van der Waals surface area (Å²) in [6.07, 6.45) is -1.78. The van der Waals surface area contributed by atoms with Gasteiger partial charge in [-0.2, -0.15) is 13.2 Å². The van der Waals surface area contributed by atoms with Crippen LogP contribution in [0.1, 0.15) is 24.0 Å². The van der Waals surface area contributed by atoms with E-state index < -0.39 is 11.7 Å². The lowest BCUT2D eigenvalue weighted by molar-refractivity contribution is -0.137. The van der Waals surface area contributed by atoms with Gasteiger partial charge in [0.25, 0.3) is 0 Å². The molecular weight excluding hydrogens is 265 g/mol. The smallest absolute Gasteiger partial charge is 0.298 e. The molecule has 1 unspecified atom stereocenters. The third-order valence-electron chi connectivity index (χ3n) is 4.33. The molecule has 1 atom stereocenters. The maximum absolute atomic E-state index is 12.7. The van der Waals surface area contributed by atoms with Gasteiger partial charge in [0.1, 0.15) is 0 Å². The van der Waals surface area contributed by atoms with Crippen molar-refractivity contribution in [2.75, 3.05) is 26.2 Å². The van der Waals surface area contributed by atoms with Gasteiger partial charge in [-0.3, -0.25) is 9.80 Å². The number of fused-ring (bicyclic) bond motifs is 1. The number of benzene rings is 1. The average molecular weight is 284 g/mol.